The smallest absolute Gasteiger partial charge is 0.264 e. The molecule has 11 nitrogen and oxygen atoms in total. The van der Waals surface area contributed by atoms with E-state index in [2.05, 4.69) is 16.4 Å². The van der Waals surface area contributed by atoms with Crippen LogP contribution in [-0.2, 0) is 14.4 Å². The molecule has 246 valence electrons. The van der Waals surface area contributed by atoms with Gasteiger partial charge in [-0.25, -0.2) is 9.91 Å². The molecular formula is C37H38N6O5. The third kappa shape index (κ3) is 5.74. The molecule has 0 N–H and O–H groups in total. The normalized spacial score (nSPS) is 23.9. The highest BCUT2D eigenvalue weighted by Gasteiger charge is 2.55. The van der Waals surface area contributed by atoms with Gasteiger partial charge in [-0.1, -0.05) is 47.2 Å². The first-order chi connectivity index (χ1) is 23.4. The Bertz CT molecular complexity index is 1800. The number of imide groups is 1. The van der Waals surface area contributed by atoms with Crippen LogP contribution in [0.5, 0.6) is 11.5 Å². The van der Waals surface area contributed by atoms with Crippen molar-refractivity contribution in [1.82, 2.24) is 10.0 Å². The average molecular weight is 647 g/mol. The standard InChI is InChI=1S/C37H38N6O5/c1-4-47-28-17-11-24(12-18-28)21-26-7-6-8-30-32(26)39-43(34(30)25-13-19-29(20-14-25)48-5-2)31(44)22-41-35-33(38-40-41)36(45)42(37(35)46)27-15-9-23(3)10-16-27/h9-21,30,33-35H,4-8,22H2,1-3H3/b26-21-. The van der Waals surface area contributed by atoms with Crippen LogP contribution in [0.15, 0.2) is 93.8 Å². The minimum atomic E-state index is -0.996. The number of rotatable bonds is 9. The number of allylic oxidation sites excluding steroid dienone is 1. The van der Waals surface area contributed by atoms with Crippen molar-refractivity contribution in [3.63, 3.8) is 0 Å². The van der Waals surface area contributed by atoms with Crippen molar-refractivity contribution in [3.05, 3.63) is 95.1 Å². The highest BCUT2D eigenvalue weighted by atomic mass is 16.5. The summed E-state index contributed by atoms with van der Waals surface area (Å²) in [4.78, 5) is 42.3. The van der Waals surface area contributed by atoms with E-state index in [0.29, 0.717) is 18.9 Å². The highest BCUT2D eigenvalue weighted by molar-refractivity contribution is 6.25. The molecule has 0 spiro atoms. The minimum absolute atomic E-state index is 0.0192. The van der Waals surface area contributed by atoms with Crippen molar-refractivity contribution < 1.29 is 23.9 Å². The first kappa shape index (κ1) is 31.3. The van der Waals surface area contributed by atoms with Crippen LogP contribution in [0.2, 0.25) is 0 Å². The lowest BCUT2D eigenvalue weighted by Crippen LogP contribution is -2.45. The van der Waals surface area contributed by atoms with Gasteiger partial charge < -0.3 is 9.47 Å². The van der Waals surface area contributed by atoms with E-state index in [1.165, 1.54) is 5.01 Å². The fraction of sp³-hybridized carbons (Fsp3) is 0.351. The maximum atomic E-state index is 14.2. The summed E-state index contributed by atoms with van der Waals surface area (Å²) in [6.45, 7) is 6.74. The summed E-state index contributed by atoms with van der Waals surface area (Å²) in [5.41, 5.74) is 5.44. The Balaban J connectivity index is 1.18. The second-order valence-corrected chi connectivity index (χ2v) is 12.4. The maximum absolute atomic E-state index is 14.2. The molecule has 1 aliphatic carbocycles. The van der Waals surface area contributed by atoms with E-state index < -0.39 is 23.9 Å². The fourth-order valence-electron chi connectivity index (χ4n) is 7.01. The lowest BCUT2D eigenvalue weighted by Gasteiger charge is -2.30. The van der Waals surface area contributed by atoms with Crippen LogP contribution in [0.1, 0.15) is 55.8 Å². The zero-order chi connectivity index (χ0) is 33.4. The monoisotopic (exact) mass is 646 g/mol. The molecule has 2 fully saturated rings. The number of benzene rings is 3. The van der Waals surface area contributed by atoms with Gasteiger partial charge in [0, 0.05) is 5.92 Å². The van der Waals surface area contributed by atoms with Gasteiger partial charge in [-0.2, -0.15) is 10.2 Å². The van der Waals surface area contributed by atoms with Crippen molar-refractivity contribution in [3.8, 4) is 11.5 Å². The molecule has 0 bridgehead atoms. The second kappa shape index (κ2) is 13.1. The largest absolute Gasteiger partial charge is 0.494 e. The van der Waals surface area contributed by atoms with Crippen molar-refractivity contribution in [1.29, 1.82) is 0 Å². The topological polar surface area (TPSA) is 116 Å². The number of nitrogens with zero attached hydrogens (tertiary/aromatic N) is 6. The Hall–Kier alpha value is -5.32. The Morgan fingerprint density at radius 1 is 0.875 bits per heavy atom. The molecule has 1 saturated heterocycles. The molecule has 3 aromatic rings. The molecule has 0 radical (unpaired) electrons. The fourth-order valence-corrected chi connectivity index (χ4v) is 7.01. The predicted molar refractivity (Wildman–Crippen MR) is 180 cm³/mol. The molecule has 3 heterocycles. The number of aryl methyl sites for hydroxylation is 1. The van der Waals surface area contributed by atoms with E-state index >= 15 is 0 Å². The van der Waals surface area contributed by atoms with Crippen molar-refractivity contribution in [2.24, 2.45) is 21.4 Å². The molecule has 11 heteroatoms. The van der Waals surface area contributed by atoms with Crippen LogP contribution in [-0.4, -0.2) is 65.3 Å². The number of hydrazone groups is 1. The number of ether oxygens (including phenoxy) is 2. The Labute approximate surface area is 279 Å². The van der Waals surface area contributed by atoms with Crippen LogP contribution in [0.25, 0.3) is 6.08 Å². The average Bonchev–Trinajstić information content (AvgIpc) is 3.76. The second-order valence-electron chi connectivity index (χ2n) is 12.4. The van der Waals surface area contributed by atoms with Gasteiger partial charge in [0.2, 0.25) is 0 Å². The van der Waals surface area contributed by atoms with Gasteiger partial charge in [-0.3, -0.25) is 19.4 Å². The van der Waals surface area contributed by atoms with Crippen LogP contribution in [0, 0.1) is 12.8 Å². The summed E-state index contributed by atoms with van der Waals surface area (Å²) >= 11 is 0. The van der Waals surface area contributed by atoms with Gasteiger partial charge in [0.15, 0.2) is 12.1 Å². The SMILES string of the molecule is CCOc1ccc(/C=C2/CCCC3C2=NN(C(=O)CN2N=NC4C(=O)N(c5ccc(C)cc5)C(=O)C42)C3c2ccc(OCC)cc2)cc1. The van der Waals surface area contributed by atoms with Crippen LogP contribution in [0.4, 0.5) is 5.69 Å². The van der Waals surface area contributed by atoms with E-state index in [4.69, 9.17) is 14.6 Å². The lowest BCUT2D eigenvalue weighted by atomic mass is 9.77. The zero-order valence-corrected chi connectivity index (χ0v) is 27.3. The highest BCUT2D eigenvalue weighted by Crippen LogP contribution is 2.45. The van der Waals surface area contributed by atoms with Crippen molar-refractivity contribution >= 4 is 35.2 Å². The van der Waals surface area contributed by atoms with Crippen LogP contribution in [0.3, 0.4) is 0 Å². The molecule has 7 rings (SSSR count). The molecule has 4 aliphatic rings. The molecule has 1 saturated carbocycles. The van der Waals surface area contributed by atoms with E-state index in [-0.39, 0.29) is 24.4 Å². The van der Waals surface area contributed by atoms with Gasteiger partial charge in [0.25, 0.3) is 17.7 Å². The molecule has 3 amide bonds. The van der Waals surface area contributed by atoms with Crippen molar-refractivity contribution in [2.45, 2.75) is 58.2 Å². The van der Waals surface area contributed by atoms with E-state index in [9.17, 15) is 14.4 Å². The molecular weight excluding hydrogens is 608 g/mol. The number of hydrogen-bond acceptors (Lipinski definition) is 9. The molecule has 0 aromatic heterocycles. The van der Waals surface area contributed by atoms with Crippen molar-refractivity contribution in [2.75, 3.05) is 24.7 Å². The Kier molecular flexibility index (Phi) is 8.51. The Morgan fingerprint density at radius 3 is 2.21 bits per heavy atom. The lowest BCUT2D eigenvalue weighted by molar-refractivity contribution is -0.136. The Morgan fingerprint density at radius 2 is 1.54 bits per heavy atom. The molecule has 3 aliphatic heterocycles. The number of hydrogen-bond donors (Lipinski definition) is 0. The molecule has 4 atom stereocenters. The number of fused-ring (bicyclic) bond motifs is 2. The summed E-state index contributed by atoms with van der Waals surface area (Å²) < 4.78 is 11.3. The van der Waals surface area contributed by atoms with E-state index in [1.54, 1.807) is 17.1 Å². The van der Waals surface area contributed by atoms with Gasteiger partial charge in [0.05, 0.1) is 30.7 Å². The summed E-state index contributed by atoms with van der Waals surface area (Å²) in [5.74, 6) is 0.327. The first-order valence-electron chi connectivity index (χ1n) is 16.5. The van der Waals surface area contributed by atoms with Gasteiger partial charge in [0.1, 0.15) is 18.0 Å². The number of carbonyl (C=O) groups excluding carboxylic acids is 3. The number of amides is 3. The summed E-state index contributed by atoms with van der Waals surface area (Å²) in [5, 5.41) is 16.2. The zero-order valence-electron chi connectivity index (χ0n) is 27.3. The van der Waals surface area contributed by atoms with Crippen LogP contribution >= 0.6 is 0 Å². The van der Waals surface area contributed by atoms with Gasteiger partial charge >= 0.3 is 0 Å². The van der Waals surface area contributed by atoms with Gasteiger partial charge in [-0.05, 0) is 99.2 Å². The molecule has 48 heavy (non-hydrogen) atoms. The predicted octanol–water partition coefficient (Wildman–Crippen LogP) is 5.91. The van der Waals surface area contributed by atoms with Crippen LogP contribution < -0.4 is 14.4 Å². The molecule has 4 unspecified atom stereocenters. The quantitative estimate of drug-likeness (QED) is 0.267. The number of anilines is 1. The maximum Gasteiger partial charge on any atom is 0.264 e. The summed E-state index contributed by atoms with van der Waals surface area (Å²) in [6.07, 6.45) is 4.81. The summed E-state index contributed by atoms with van der Waals surface area (Å²) in [7, 11) is 0. The summed E-state index contributed by atoms with van der Waals surface area (Å²) in [6, 6.07) is 20.6. The first-order valence-corrected chi connectivity index (χ1v) is 16.5. The van der Waals surface area contributed by atoms with Gasteiger partial charge in [-0.15, -0.1) is 0 Å². The minimum Gasteiger partial charge on any atom is -0.494 e. The third-order valence-corrected chi connectivity index (χ3v) is 9.27. The molecule has 3 aromatic carbocycles. The van der Waals surface area contributed by atoms with E-state index in [1.807, 2.05) is 81.4 Å². The number of carbonyl (C=O) groups is 3. The third-order valence-electron chi connectivity index (χ3n) is 9.27. The van der Waals surface area contributed by atoms with E-state index in [0.717, 1.165) is 63.6 Å².